The molecular formula is C22H24FN3O3S. The van der Waals surface area contributed by atoms with E-state index in [0.29, 0.717) is 42.2 Å². The Balaban J connectivity index is 1.47. The monoisotopic (exact) mass is 429 g/mol. The van der Waals surface area contributed by atoms with E-state index in [1.807, 2.05) is 6.07 Å². The van der Waals surface area contributed by atoms with Crippen LogP contribution in [0.2, 0.25) is 0 Å². The van der Waals surface area contributed by atoms with Crippen LogP contribution in [0.15, 0.2) is 36.5 Å². The highest BCUT2D eigenvalue weighted by atomic mass is 32.2. The number of sulfonamides is 1. The average molecular weight is 430 g/mol. The zero-order chi connectivity index (χ0) is 21.0. The van der Waals surface area contributed by atoms with E-state index in [1.54, 1.807) is 23.7 Å². The molecular weight excluding hydrogens is 405 g/mol. The van der Waals surface area contributed by atoms with Gasteiger partial charge in [-0.25, -0.2) is 22.1 Å². The molecule has 1 N–H and O–H groups in total. The minimum atomic E-state index is -3.12. The maximum Gasteiger partial charge on any atom is 0.211 e. The molecule has 8 heteroatoms. The van der Waals surface area contributed by atoms with E-state index >= 15 is 0 Å². The van der Waals surface area contributed by atoms with Crippen molar-refractivity contribution in [3.8, 4) is 16.9 Å². The Bertz CT molecular complexity index is 1210. The number of nitrogens with one attached hydrogen (secondary N) is 1. The lowest BCUT2D eigenvalue weighted by molar-refractivity contribution is 0.415. The zero-order valence-electron chi connectivity index (χ0n) is 16.9. The number of hydrogen-bond donors (Lipinski definition) is 1. The van der Waals surface area contributed by atoms with Gasteiger partial charge in [-0.2, -0.15) is 0 Å². The highest BCUT2D eigenvalue weighted by molar-refractivity contribution is 7.88. The van der Waals surface area contributed by atoms with E-state index in [2.05, 4.69) is 16.0 Å². The SMILES string of the molecule is COc1ccc(F)cc1-c1ccnc2[nH]c(C3C[C@@H]4CN(S(C)(=O)=O)C[C@@H]4C3)cc12. The molecule has 1 saturated carbocycles. The minimum Gasteiger partial charge on any atom is -0.496 e. The molecule has 1 aliphatic heterocycles. The highest BCUT2D eigenvalue weighted by Gasteiger charge is 2.44. The number of pyridine rings is 1. The number of methoxy groups -OCH3 is 1. The Morgan fingerprint density at radius 1 is 1.13 bits per heavy atom. The Morgan fingerprint density at radius 3 is 2.53 bits per heavy atom. The van der Waals surface area contributed by atoms with Gasteiger partial charge in [0.1, 0.15) is 17.2 Å². The van der Waals surface area contributed by atoms with Gasteiger partial charge in [-0.15, -0.1) is 0 Å². The second-order valence-corrected chi connectivity index (χ2v) is 10.4. The quantitative estimate of drug-likeness (QED) is 0.685. The summed E-state index contributed by atoms with van der Waals surface area (Å²) in [7, 11) is -1.54. The molecule has 0 amide bonds. The van der Waals surface area contributed by atoms with Crippen LogP contribution in [0.3, 0.4) is 0 Å². The van der Waals surface area contributed by atoms with Crippen LogP contribution in [0, 0.1) is 17.7 Å². The van der Waals surface area contributed by atoms with Gasteiger partial charge >= 0.3 is 0 Å². The first-order valence-corrected chi connectivity index (χ1v) is 11.9. The molecule has 2 aromatic heterocycles. The predicted molar refractivity (Wildman–Crippen MR) is 113 cm³/mol. The van der Waals surface area contributed by atoms with Crippen molar-refractivity contribution in [1.82, 2.24) is 14.3 Å². The number of aromatic nitrogens is 2. The van der Waals surface area contributed by atoms with E-state index in [-0.39, 0.29) is 5.82 Å². The van der Waals surface area contributed by atoms with Gasteiger partial charge in [0, 0.05) is 35.9 Å². The summed E-state index contributed by atoms with van der Waals surface area (Å²) >= 11 is 0. The summed E-state index contributed by atoms with van der Waals surface area (Å²) in [4.78, 5) is 7.93. The van der Waals surface area contributed by atoms with Gasteiger partial charge in [-0.05, 0) is 66.5 Å². The molecule has 3 heterocycles. The van der Waals surface area contributed by atoms with E-state index in [0.717, 1.165) is 35.1 Å². The molecule has 1 unspecified atom stereocenters. The van der Waals surface area contributed by atoms with E-state index in [9.17, 15) is 12.8 Å². The molecule has 30 heavy (non-hydrogen) atoms. The molecule has 6 nitrogen and oxygen atoms in total. The summed E-state index contributed by atoms with van der Waals surface area (Å²) in [6.07, 6.45) is 4.93. The van der Waals surface area contributed by atoms with Crippen LogP contribution in [0.4, 0.5) is 4.39 Å². The smallest absolute Gasteiger partial charge is 0.211 e. The fourth-order valence-electron chi connectivity index (χ4n) is 5.17. The Hall–Kier alpha value is -2.45. The largest absolute Gasteiger partial charge is 0.496 e. The van der Waals surface area contributed by atoms with Gasteiger partial charge in [0.25, 0.3) is 0 Å². The number of halogens is 1. The van der Waals surface area contributed by atoms with Crippen molar-refractivity contribution in [3.05, 3.63) is 48.0 Å². The normalized spacial score (nSPS) is 24.4. The van der Waals surface area contributed by atoms with Crippen molar-refractivity contribution in [1.29, 1.82) is 0 Å². The third kappa shape index (κ3) is 3.28. The summed E-state index contributed by atoms with van der Waals surface area (Å²) < 4.78 is 44.7. The molecule has 1 aliphatic carbocycles. The lowest BCUT2D eigenvalue weighted by Crippen LogP contribution is -2.28. The topological polar surface area (TPSA) is 75.3 Å². The number of rotatable bonds is 4. The number of ether oxygens (including phenoxy) is 1. The summed E-state index contributed by atoms with van der Waals surface area (Å²) in [6.45, 7) is 1.23. The lowest BCUT2D eigenvalue weighted by Gasteiger charge is -2.16. The maximum atomic E-state index is 13.9. The fourth-order valence-corrected chi connectivity index (χ4v) is 6.10. The standard InChI is InChI=1S/C22H24FN3O3S/c1-29-21-4-3-16(23)9-18(21)17-5-6-24-22-19(17)10-20(25-22)13-7-14-11-26(30(2,27)28)12-15(14)8-13/h3-6,9-10,13-15H,7-8,11-12H2,1-2H3,(H,24,25)/t13?,14-,15+. The summed E-state index contributed by atoms with van der Waals surface area (Å²) in [5, 5.41) is 0.936. The number of hydrogen-bond acceptors (Lipinski definition) is 4. The zero-order valence-corrected chi connectivity index (χ0v) is 17.7. The van der Waals surface area contributed by atoms with E-state index < -0.39 is 10.0 Å². The lowest BCUT2D eigenvalue weighted by atomic mass is 9.99. The number of fused-ring (bicyclic) bond motifs is 2. The first kappa shape index (κ1) is 19.5. The van der Waals surface area contributed by atoms with Crippen molar-refractivity contribution in [2.75, 3.05) is 26.5 Å². The van der Waals surface area contributed by atoms with Crippen molar-refractivity contribution >= 4 is 21.1 Å². The molecule has 1 saturated heterocycles. The van der Waals surface area contributed by atoms with Crippen molar-refractivity contribution in [2.45, 2.75) is 18.8 Å². The van der Waals surface area contributed by atoms with Crippen LogP contribution in [-0.4, -0.2) is 49.1 Å². The van der Waals surface area contributed by atoms with Crippen molar-refractivity contribution in [2.24, 2.45) is 11.8 Å². The second kappa shape index (κ2) is 7.06. The number of nitrogens with zero attached hydrogens (tertiary/aromatic N) is 2. The molecule has 3 aromatic rings. The molecule has 0 bridgehead atoms. The van der Waals surface area contributed by atoms with E-state index in [1.165, 1.54) is 18.4 Å². The van der Waals surface area contributed by atoms with Gasteiger partial charge in [-0.3, -0.25) is 0 Å². The van der Waals surface area contributed by atoms with Gasteiger partial charge in [0.05, 0.1) is 13.4 Å². The predicted octanol–water partition coefficient (Wildman–Crippen LogP) is 3.76. The van der Waals surface area contributed by atoms with Gasteiger partial charge in [0.15, 0.2) is 0 Å². The number of H-pyrrole nitrogens is 1. The summed E-state index contributed by atoms with van der Waals surface area (Å²) in [5.41, 5.74) is 3.45. The third-order valence-electron chi connectivity index (χ3n) is 6.63. The van der Waals surface area contributed by atoms with Gasteiger partial charge < -0.3 is 9.72 Å². The van der Waals surface area contributed by atoms with Crippen LogP contribution in [0.25, 0.3) is 22.2 Å². The number of benzene rings is 1. The van der Waals surface area contributed by atoms with E-state index in [4.69, 9.17) is 4.74 Å². The third-order valence-corrected chi connectivity index (χ3v) is 7.87. The highest BCUT2D eigenvalue weighted by Crippen LogP contribution is 2.47. The first-order valence-electron chi connectivity index (χ1n) is 10.1. The van der Waals surface area contributed by atoms with Gasteiger partial charge in [0.2, 0.25) is 10.0 Å². The van der Waals surface area contributed by atoms with Crippen LogP contribution in [0.1, 0.15) is 24.5 Å². The summed E-state index contributed by atoms with van der Waals surface area (Å²) in [5.74, 6) is 1.44. The van der Waals surface area contributed by atoms with Crippen LogP contribution in [0.5, 0.6) is 5.75 Å². The molecule has 0 spiro atoms. The van der Waals surface area contributed by atoms with Crippen LogP contribution in [-0.2, 0) is 10.0 Å². The molecule has 3 atom stereocenters. The van der Waals surface area contributed by atoms with Crippen molar-refractivity contribution < 1.29 is 17.5 Å². The Labute approximate surface area is 175 Å². The molecule has 2 aliphatic rings. The van der Waals surface area contributed by atoms with Gasteiger partial charge in [-0.1, -0.05) is 0 Å². The Morgan fingerprint density at radius 2 is 1.87 bits per heavy atom. The fraction of sp³-hybridized carbons (Fsp3) is 0.409. The molecule has 0 radical (unpaired) electrons. The molecule has 2 fully saturated rings. The molecule has 1 aromatic carbocycles. The van der Waals surface area contributed by atoms with Crippen LogP contribution >= 0.6 is 0 Å². The molecule has 158 valence electrons. The maximum absolute atomic E-state index is 13.9. The molecule has 5 rings (SSSR count). The summed E-state index contributed by atoms with van der Waals surface area (Å²) in [6, 6.07) is 8.50. The first-order chi connectivity index (χ1) is 14.3. The van der Waals surface area contributed by atoms with Crippen molar-refractivity contribution in [3.63, 3.8) is 0 Å². The average Bonchev–Trinajstić information content (AvgIpc) is 3.39. The van der Waals surface area contributed by atoms with Crippen LogP contribution < -0.4 is 4.74 Å². The number of aromatic amines is 1. The second-order valence-electron chi connectivity index (χ2n) is 8.46. The Kier molecular flexibility index (Phi) is 4.59. The minimum absolute atomic E-state index is 0.314.